The van der Waals surface area contributed by atoms with Gasteiger partial charge in [-0.2, -0.15) is 13.8 Å². The predicted octanol–water partition coefficient (Wildman–Crippen LogP) is 5.84. The van der Waals surface area contributed by atoms with Crippen LogP contribution in [-0.4, -0.2) is 49.2 Å². The fraction of sp³-hybridized carbons (Fsp3) is 0.583. The maximum absolute atomic E-state index is 15.9. The first-order chi connectivity index (χ1) is 18.4. The van der Waals surface area contributed by atoms with Crippen LogP contribution in [0.4, 0.5) is 19.0 Å². The van der Waals surface area contributed by atoms with Gasteiger partial charge in [0.15, 0.2) is 8.32 Å². The number of hydrogen-bond acceptors (Lipinski definition) is 9. The number of phosphoric ester groups is 1. The van der Waals surface area contributed by atoms with E-state index in [4.69, 9.17) is 40.1 Å². The number of phosphoric acid groups is 1. The second-order valence-corrected chi connectivity index (χ2v) is 18.0. The molecule has 2 aliphatic heterocycles. The number of rotatable bonds is 7. The molecule has 2 aliphatic rings. The molecule has 0 saturated carbocycles. The third-order valence-corrected chi connectivity index (χ3v) is 13.5. The van der Waals surface area contributed by atoms with Crippen molar-refractivity contribution in [2.75, 3.05) is 18.9 Å². The number of nitrogens with zero attached hydrogens (tertiary/aromatic N) is 2. The highest BCUT2D eigenvalue weighted by atomic mass is 35.5. The predicted molar refractivity (Wildman–Crippen MR) is 143 cm³/mol. The second-order valence-electron chi connectivity index (χ2n) is 11.2. The van der Waals surface area contributed by atoms with Gasteiger partial charge in [0.05, 0.1) is 24.3 Å². The number of anilines is 1. The third-order valence-electron chi connectivity index (χ3n) is 7.28. The Balaban J connectivity index is 1.59. The molecule has 5 atom stereocenters. The number of nitrogens with two attached hydrogens (primary N) is 1. The van der Waals surface area contributed by atoms with Crippen LogP contribution >= 0.6 is 19.4 Å². The molecule has 2 saturated heterocycles. The van der Waals surface area contributed by atoms with E-state index in [9.17, 15) is 13.8 Å². The van der Waals surface area contributed by atoms with Crippen molar-refractivity contribution in [3.8, 4) is 0 Å². The van der Waals surface area contributed by atoms with Gasteiger partial charge in [0.25, 0.3) is 0 Å². The zero-order valence-electron chi connectivity index (χ0n) is 22.6. The van der Waals surface area contributed by atoms with Crippen molar-refractivity contribution in [1.29, 1.82) is 0 Å². The van der Waals surface area contributed by atoms with E-state index in [0.717, 1.165) is 12.3 Å². The van der Waals surface area contributed by atoms with Gasteiger partial charge in [-0.3, -0.25) is 18.1 Å². The summed E-state index contributed by atoms with van der Waals surface area (Å²) in [5, 5.41) is -0.539. The molecule has 10 nitrogen and oxygen atoms in total. The lowest BCUT2D eigenvalue weighted by atomic mass is 10.1. The van der Waals surface area contributed by atoms with Gasteiger partial charge in [-0.05, 0) is 41.9 Å². The van der Waals surface area contributed by atoms with E-state index in [1.165, 1.54) is 18.2 Å². The summed E-state index contributed by atoms with van der Waals surface area (Å²) < 4.78 is 87.8. The fourth-order valence-electron chi connectivity index (χ4n) is 4.03. The van der Waals surface area contributed by atoms with Crippen LogP contribution in [0.3, 0.4) is 0 Å². The minimum atomic E-state index is -4.30. The van der Waals surface area contributed by atoms with Crippen LogP contribution in [0.5, 0.6) is 0 Å². The van der Waals surface area contributed by atoms with Gasteiger partial charge >= 0.3 is 19.4 Å². The summed E-state index contributed by atoms with van der Waals surface area (Å²) in [5.74, 6) is -4.55. The van der Waals surface area contributed by atoms with E-state index < -0.39 is 69.8 Å². The van der Waals surface area contributed by atoms with Crippen LogP contribution in [0, 0.1) is 5.82 Å². The summed E-state index contributed by atoms with van der Waals surface area (Å²) >= 11 is 5.75. The van der Waals surface area contributed by atoms with Crippen LogP contribution < -0.4 is 11.4 Å². The summed E-state index contributed by atoms with van der Waals surface area (Å²) in [4.78, 5) is 15.9. The Labute approximate surface area is 235 Å². The van der Waals surface area contributed by atoms with E-state index in [0.29, 0.717) is 10.1 Å². The summed E-state index contributed by atoms with van der Waals surface area (Å²) in [7, 11) is -7.12. The molecule has 3 heterocycles. The van der Waals surface area contributed by atoms with Crippen LogP contribution in [0.15, 0.2) is 35.3 Å². The number of halogens is 4. The summed E-state index contributed by atoms with van der Waals surface area (Å²) in [6, 6.07) is 5.19. The number of aromatic nitrogens is 2. The van der Waals surface area contributed by atoms with Gasteiger partial charge in [0.1, 0.15) is 23.8 Å². The highest BCUT2D eigenvalue weighted by molar-refractivity contribution is 7.48. The molecule has 1 unspecified atom stereocenters. The maximum Gasteiger partial charge on any atom is 0.475 e. The molecule has 0 spiro atoms. The monoisotopic (exact) mass is 625 g/mol. The van der Waals surface area contributed by atoms with Crippen molar-refractivity contribution in [3.63, 3.8) is 0 Å². The Kier molecular flexibility index (Phi) is 8.68. The minimum Gasteiger partial charge on any atom is -0.405 e. The highest BCUT2D eigenvalue weighted by Gasteiger charge is 2.63. The average Bonchev–Trinajstić information content (AvgIpc) is 3.08. The maximum atomic E-state index is 15.9. The van der Waals surface area contributed by atoms with E-state index in [2.05, 4.69) is 4.98 Å². The second kappa shape index (κ2) is 11.1. The van der Waals surface area contributed by atoms with Crippen LogP contribution in [0.1, 0.15) is 45.1 Å². The smallest absolute Gasteiger partial charge is 0.405 e. The summed E-state index contributed by atoms with van der Waals surface area (Å²) in [6.45, 7) is 8.48. The molecular weight excluding hydrogens is 594 g/mol. The molecule has 0 radical (unpaired) electrons. The third kappa shape index (κ3) is 6.34. The van der Waals surface area contributed by atoms with E-state index >= 15 is 8.78 Å². The topological polar surface area (TPSA) is 124 Å². The van der Waals surface area contributed by atoms with Crippen molar-refractivity contribution < 1.29 is 40.5 Å². The SMILES string of the molecule is CC(C)(C)[Si](C)(C)O[C@@H]1[C@@H](COP2(=O)OCC[C@H](c3ccc(Cl)c(F)c3)O2)O[C@@H](n2ccc(N)nc2=O)C1(F)F. The Morgan fingerprint density at radius 3 is 2.62 bits per heavy atom. The van der Waals surface area contributed by atoms with Gasteiger partial charge in [-0.15, -0.1) is 0 Å². The average molecular weight is 626 g/mol. The first-order valence-electron chi connectivity index (χ1n) is 12.5. The molecule has 4 rings (SSSR count). The minimum absolute atomic E-state index is 0.0626. The highest BCUT2D eigenvalue weighted by Crippen LogP contribution is 2.58. The lowest BCUT2D eigenvalue weighted by molar-refractivity contribution is -0.138. The van der Waals surface area contributed by atoms with Gasteiger partial charge in [-0.25, -0.2) is 13.8 Å². The van der Waals surface area contributed by atoms with Crippen molar-refractivity contribution in [2.45, 2.75) is 75.8 Å². The number of alkyl halides is 2. The number of benzene rings is 1. The van der Waals surface area contributed by atoms with E-state index in [1.54, 1.807) is 13.1 Å². The molecule has 2 fully saturated rings. The van der Waals surface area contributed by atoms with Crippen LogP contribution in [0.25, 0.3) is 0 Å². The van der Waals surface area contributed by atoms with Crippen molar-refractivity contribution in [3.05, 3.63) is 57.3 Å². The largest absolute Gasteiger partial charge is 0.475 e. The van der Waals surface area contributed by atoms with Gasteiger partial charge < -0.3 is 14.9 Å². The lowest BCUT2D eigenvalue weighted by Crippen LogP contribution is -2.52. The molecule has 2 N–H and O–H groups in total. The number of hydrogen-bond donors (Lipinski definition) is 1. The van der Waals surface area contributed by atoms with E-state index in [1.807, 2.05) is 20.8 Å². The van der Waals surface area contributed by atoms with E-state index in [-0.39, 0.29) is 23.9 Å². The Morgan fingerprint density at radius 1 is 1.30 bits per heavy atom. The molecule has 0 bridgehead atoms. The molecular formula is C24H32ClF3N3O7PSi. The first-order valence-corrected chi connectivity index (χ1v) is 17.3. The zero-order chi connectivity index (χ0) is 29.7. The fourth-order valence-corrected chi connectivity index (χ4v) is 6.84. The summed E-state index contributed by atoms with van der Waals surface area (Å²) in [5.41, 5.74) is 4.83. The summed E-state index contributed by atoms with van der Waals surface area (Å²) in [6.07, 6.45) is -5.02. The number of ether oxygens (including phenoxy) is 1. The van der Waals surface area contributed by atoms with Crippen molar-refractivity contribution >= 4 is 33.6 Å². The molecule has 0 amide bonds. The normalized spacial score (nSPS) is 29.0. The van der Waals surface area contributed by atoms with Gasteiger partial charge in [-0.1, -0.05) is 38.4 Å². The standard InChI is InChI=1S/C24H32ClF3N3O7PSi/c1-23(2,3)40(4,5)38-20-18(36-21(24(20,27)28)31-10-8-19(29)30-22(31)32)13-35-39(33)34-11-9-17(37-39)14-6-7-15(25)16(26)12-14/h6-8,10,12,17-18,20-21H,9,11,13H2,1-5H3,(H2,29,30,32)/t17-,18-,20-,21-,39?/m1/s1. The molecule has 2 aromatic rings. The van der Waals surface area contributed by atoms with Crippen molar-refractivity contribution in [2.24, 2.45) is 0 Å². The Bertz CT molecular complexity index is 1360. The Hall–Kier alpha value is -1.77. The van der Waals surface area contributed by atoms with Crippen LogP contribution in [-0.2, 0) is 27.3 Å². The van der Waals surface area contributed by atoms with Gasteiger partial charge in [0.2, 0.25) is 6.23 Å². The molecule has 0 aliphatic carbocycles. The first kappa shape index (κ1) is 31.2. The Morgan fingerprint density at radius 2 is 2.00 bits per heavy atom. The number of nitrogen functional groups attached to an aromatic ring is 1. The molecule has 16 heteroatoms. The quantitative estimate of drug-likeness (QED) is 0.298. The molecule has 1 aromatic heterocycles. The van der Waals surface area contributed by atoms with Crippen molar-refractivity contribution in [1.82, 2.24) is 9.55 Å². The van der Waals surface area contributed by atoms with Gasteiger partial charge in [0, 0.05) is 12.6 Å². The zero-order valence-corrected chi connectivity index (χ0v) is 25.3. The molecule has 222 valence electrons. The molecule has 1 aromatic carbocycles. The molecule has 40 heavy (non-hydrogen) atoms. The van der Waals surface area contributed by atoms with Crippen LogP contribution in [0.2, 0.25) is 23.2 Å². The lowest BCUT2D eigenvalue weighted by Gasteiger charge is -2.40.